The Bertz CT molecular complexity index is 1570. The molecule has 0 aromatic heterocycles. The van der Waals surface area contributed by atoms with Gasteiger partial charge in [-0.25, -0.2) is 0 Å². The monoisotopic (exact) mass is 994 g/mol. The highest BCUT2D eigenvalue weighted by molar-refractivity contribution is 14.1. The lowest BCUT2D eigenvalue weighted by Gasteiger charge is -2.49. The van der Waals surface area contributed by atoms with E-state index in [-0.39, 0.29) is 0 Å². The molecule has 25 heteroatoms. The normalized spacial score (nSPS) is 27.1. The van der Waals surface area contributed by atoms with Gasteiger partial charge in [0.15, 0.2) is 43.1 Å². The minimum atomic E-state index is -2.35. The van der Waals surface area contributed by atoms with Crippen LogP contribution in [0.5, 0.6) is 0 Å². The molecule has 0 aromatic rings. The topological polar surface area (TPSA) is 303 Å². The van der Waals surface area contributed by atoms with Crippen molar-refractivity contribution in [2.24, 2.45) is 0 Å². The maximum absolute atomic E-state index is 12.7. The predicted octanol–water partition coefficient (Wildman–Crippen LogP) is -0.0487. The van der Waals surface area contributed by atoms with Gasteiger partial charge >= 0.3 is 53.7 Å². The molecule has 0 radical (unpaired) electrons. The van der Waals surface area contributed by atoms with Crippen LogP contribution in [0.1, 0.15) is 75.7 Å². The first kappa shape index (κ1) is 52.9. The van der Waals surface area contributed by atoms with Gasteiger partial charge in [-0.15, -0.1) is 0 Å². The summed E-state index contributed by atoms with van der Waals surface area (Å²) in [6, 6.07) is 0. The molecule has 2 fully saturated rings. The van der Waals surface area contributed by atoms with Crippen molar-refractivity contribution in [3.63, 3.8) is 0 Å². The molecule has 0 saturated carbocycles. The van der Waals surface area contributed by atoms with Gasteiger partial charge in [0.1, 0.15) is 66.7 Å². The molecule has 0 bridgehead atoms. The van der Waals surface area contributed by atoms with Gasteiger partial charge in [0.05, 0.1) is 6.10 Å². The number of hydrogen-bond donors (Lipinski definition) is 1. The molecule has 2 aliphatic heterocycles. The third-order valence-electron chi connectivity index (χ3n) is 8.22. The van der Waals surface area contributed by atoms with E-state index in [2.05, 4.69) is 0 Å². The van der Waals surface area contributed by atoms with Gasteiger partial charge in [-0.2, -0.15) is 0 Å². The molecule has 2 rings (SSSR count). The molecular weight excluding hydrogens is 943 g/mol. The van der Waals surface area contributed by atoms with Crippen molar-refractivity contribution in [1.82, 2.24) is 0 Å². The van der Waals surface area contributed by atoms with Crippen LogP contribution in [0, 0.1) is 0 Å². The van der Waals surface area contributed by atoms with E-state index in [0.717, 1.165) is 62.3 Å². The van der Waals surface area contributed by atoms with Crippen LogP contribution < -0.4 is 0 Å². The molecule has 12 atom stereocenters. The SMILES string of the molecule is CC(=O)OCC1O[C@@H](OI)C(O[C@@H]2OC(C)[C@H](OC(C)=O)C(OC(C)=O)C2OC(C)=O)C(O[C@H](OC(C)=O)C(CC(O)(COC(C)=O)COC(C)=O)OC(C)=O)[C@@H]1OC(C)=O. The van der Waals surface area contributed by atoms with Gasteiger partial charge in [-0.3, -0.25) is 46.2 Å². The Morgan fingerprint density at radius 1 is 0.557 bits per heavy atom. The second-order valence-corrected chi connectivity index (χ2v) is 14.3. The Hall–Kier alpha value is -4.28. The molecule has 0 amide bonds. The fraction of sp³-hybridized carbons (Fsp3) is 0.750. The Labute approximate surface area is 363 Å². The number of aliphatic hydroxyl groups is 1. The summed E-state index contributed by atoms with van der Waals surface area (Å²) >= 11 is 1.41. The molecule has 0 aromatic carbocycles. The van der Waals surface area contributed by atoms with Crippen molar-refractivity contribution < 1.29 is 113 Å². The van der Waals surface area contributed by atoms with Crippen molar-refractivity contribution in [2.75, 3.05) is 19.8 Å². The third-order valence-corrected chi connectivity index (χ3v) is 8.72. The van der Waals surface area contributed by atoms with Crippen LogP contribution in [-0.4, -0.2) is 158 Å². The molecule has 24 nitrogen and oxygen atoms in total. The number of carbonyl (C=O) groups excluding carboxylic acids is 9. The van der Waals surface area contributed by atoms with E-state index in [1.54, 1.807) is 0 Å². The van der Waals surface area contributed by atoms with Gasteiger partial charge in [-0.05, 0) is 6.92 Å². The molecule has 1 N–H and O–H groups in total. The highest BCUT2D eigenvalue weighted by atomic mass is 127. The van der Waals surface area contributed by atoms with E-state index in [0.29, 0.717) is 0 Å². The van der Waals surface area contributed by atoms with Crippen molar-refractivity contribution in [1.29, 1.82) is 0 Å². The molecule has 2 heterocycles. The Morgan fingerprint density at radius 2 is 1.03 bits per heavy atom. The fourth-order valence-electron chi connectivity index (χ4n) is 6.07. The number of rotatable bonds is 20. The zero-order valence-corrected chi connectivity index (χ0v) is 37.1. The van der Waals surface area contributed by atoms with Crippen LogP contribution in [0.15, 0.2) is 0 Å². The number of halogens is 1. The predicted molar refractivity (Wildman–Crippen MR) is 201 cm³/mol. The summed E-state index contributed by atoms with van der Waals surface area (Å²) in [6.07, 6.45) is -21.0. The molecular formula is C36H51IO24. The Balaban J connectivity index is 2.89. The maximum atomic E-state index is 12.7. The quantitative estimate of drug-likeness (QED) is 0.0724. The summed E-state index contributed by atoms with van der Waals surface area (Å²) in [5.41, 5.74) is -2.35. The second-order valence-electron chi connectivity index (χ2n) is 13.8. The van der Waals surface area contributed by atoms with E-state index >= 15 is 0 Å². The highest BCUT2D eigenvalue weighted by Gasteiger charge is 2.57. The number of esters is 9. The maximum Gasteiger partial charge on any atom is 0.305 e. The molecule has 0 aliphatic carbocycles. The van der Waals surface area contributed by atoms with Crippen molar-refractivity contribution >= 4 is 76.7 Å². The van der Waals surface area contributed by atoms with Gasteiger partial charge in [0, 0.05) is 68.7 Å². The molecule has 7 unspecified atom stereocenters. The minimum absolute atomic E-state index is 0.627. The number of ether oxygens (including phenoxy) is 13. The Kier molecular flexibility index (Phi) is 21.1. The molecule has 2 saturated heterocycles. The lowest BCUT2D eigenvalue weighted by Crippen LogP contribution is -2.67. The largest absolute Gasteiger partial charge is 0.463 e. The van der Waals surface area contributed by atoms with Gasteiger partial charge in [-0.1, -0.05) is 0 Å². The minimum Gasteiger partial charge on any atom is -0.463 e. The average molecular weight is 995 g/mol. The molecule has 346 valence electrons. The molecule has 61 heavy (non-hydrogen) atoms. The van der Waals surface area contributed by atoms with Crippen LogP contribution in [0.25, 0.3) is 0 Å². The summed E-state index contributed by atoms with van der Waals surface area (Å²) in [4.78, 5) is 110. The number of carbonyl (C=O) groups is 9. The van der Waals surface area contributed by atoms with Gasteiger partial charge in [0.25, 0.3) is 0 Å². The summed E-state index contributed by atoms with van der Waals surface area (Å²) in [7, 11) is 0. The standard InChI is InChI=1S/C36H51IO24/c1-15-27(53-20(6)42)29(55-22(8)44)31(56-23(9)45)34(51-15)60-32-30(28(54-21(7)43)26(12-48-16(2)38)58-35(32)61-37)59-33(57-24(10)46)25(52-19(5)41)11-36(47,13-49-17(3)39)14-50-18(4)40/h15,25-35,47H,11-14H2,1-10H3/t15?,25?,26?,27-,28+,29?,30?,31?,32?,33-,34-,35-/m0/s1. The summed E-state index contributed by atoms with van der Waals surface area (Å²) in [5, 5.41) is 11.6. The second kappa shape index (κ2) is 24.4. The lowest BCUT2D eigenvalue weighted by molar-refractivity contribution is -0.368. The lowest BCUT2D eigenvalue weighted by atomic mass is 9.95. The van der Waals surface area contributed by atoms with Crippen molar-refractivity contribution in [3.8, 4) is 0 Å². The van der Waals surface area contributed by atoms with Crippen LogP contribution >= 0.6 is 23.0 Å². The average Bonchev–Trinajstić information content (AvgIpc) is 3.12. The highest BCUT2D eigenvalue weighted by Crippen LogP contribution is 2.37. The number of hydrogen-bond acceptors (Lipinski definition) is 24. The first-order valence-corrected chi connectivity index (χ1v) is 19.3. The van der Waals surface area contributed by atoms with Crippen LogP contribution in [0.2, 0.25) is 0 Å². The Morgan fingerprint density at radius 3 is 1.49 bits per heavy atom. The summed E-state index contributed by atoms with van der Waals surface area (Å²) in [6.45, 7) is 8.19. The van der Waals surface area contributed by atoms with Gasteiger partial charge in [0.2, 0.25) is 6.29 Å². The molecule has 0 spiro atoms. The van der Waals surface area contributed by atoms with Gasteiger partial charge < -0.3 is 66.7 Å². The van der Waals surface area contributed by atoms with Crippen LogP contribution in [0.3, 0.4) is 0 Å². The van der Waals surface area contributed by atoms with E-state index in [1.165, 1.54) is 29.9 Å². The summed E-state index contributed by atoms with van der Waals surface area (Å²) < 4.78 is 78.4. The first-order chi connectivity index (χ1) is 28.4. The van der Waals surface area contributed by atoms with E-state index in [9.17, 15) is 48.3 Å². The fourth-order valence-corrected chi connectivity index (χ4v) is 6.48. The van der Waals surface area contributed by atoms with Crippen molar-refractivity contribution in [2.45, 2.75) is 155 Å². The van der Waals surface area contributed by atoms with Crippen LogP contribution in [-0.2, 0) is 108 Å². The zero-order valence-electron chi connectivity index (χ0n) is 35.0. The zero-order chi connectivity index (χ0) is 46.4. The van der Waals surface area contributed by atoms with Crippen LogP contribution in [0.4, 0.5) is 0 Å². The first-order valence-electron chi connectivity index (χ1n) is 18.4. The van der Waals surface area contributed by atoms with E-state index in [1.807, 2.05) is 0 Å². The third kappa shape index (κ3) is 17.6. The molecule has 2 aliphatic rings. The van der Waals surface area contributed by atoms with Crippen molar-refractivity contribution in [3.05, 3.63) is 0 Å². The van der Waals surface area contributed by atoms with E-state index in [4.69, 9.17) is 64.6 Å². The summed E-state index contributed by atoms with van der Waals surface area (Å²) in [5.74, 6) is -8.26. The van der Waals surface area contributed by atoms with E-state index < -0.39 is 159 Å². The smallest absolute Gasteiger partial charge is 0.305 e.